The SMILES string of the molecule is CC[C@@H](C)NC(=O)[C@H](CC)N(Cc1ccc(OC)cc1)C(=O)CN(c1ccc(OC)cc1)S(=O)(=O)c1ccc(C)c([N+](=O)[O-])c1. The molecule has 0 aliphatic carbocycles. The lowest BCUT2D eigenvalue weighted by Gasteiger charge is -2.33. The van der Waals surface area contributed by atoms with Gasteiger partial charge in [0.1, 0.15) is 24.1 Å². The summed E-state index contributed by atoms with van der Waals surface area (Å²) in [6.45, 7) is 6.41. The summed E-state index contributed by atoms with van der Waals surface area (Å²) in [5, 5.41) is 14.6. The van der Waals surface area contributed by atoms with Crippen molar-refractivity contribution in [2.75, 3.05) is 25.1 Å². The smallest absolute Gasteiger partial charge is 0.273 e. The average Bonchev–Trinajstić information content (AvgIpc) is 3.03. The minimum atomic E-state index is -4.51. The fourth-order valence-electron chi connectivity index (χ4n) is 4.64. The first-order valence-electron chi connectivity index (χ1n) is 14.5. The van der Waals surface area contributed by atoms with Crippen LogP contribution in [-0.2, 0) is 26.2 Å². The van der Waals surface area contributed by atoms with Crippen LogP contribution in [0.4, 0.5) is 11.4 Å². The van der Waals surface area contributed by atoms with Gasteiger partial charge in [-0.1, -0.05) is 32.0 Å². The minimum absolute atomic E-state index is 0.0156. The molecule has 0 unspecified atom stereocenters. The van der Waals surface area contributed by atoms with Gasteiger partial charge < -0.3 is 19.7 Å². The number of nitro groups is 1. The Labute approximate surface area is 264 Å². The molecule has 2 amide bonds. The summed E-state index contributed by atoms with van der Waals surface area (Å²) in [6.07, 6.45) is 0.949. The third-order valence-corrected chi connectivity index (χ3v) is 9.27. The van der Waals surface area contributed by atoms with Crippen LogP contribution >= 0.6 is 0 Å². The lowest BCUT2D eigenvalue weighted by Crippen LogP contribution is -2.53. The Morgan fingerprint density at radius 3 is 2.02 bits per heavy atom. The molecule has 0 aliphatic heterocycles. The number of sulfonamides is 1. The number of hydrogen-bond donors (Lipinski definition) is 1. The first-order chi connectivity index (χ1) is 21.4. The van der Waals surface area contributed by atoms with Gasteiger partial charge in [-0.05, 0) is 74.7 Å². The van der Waals surface area contributed by atoms with Crippen molar-refractivity contribution < 1.29 is 32.4 Å². The molecule has 1 N–H and O–H groups in total. The van der Waals surface area contributed by atoms with Gasteiger partial charge in [-0.3, -0.25) is 24.0 Å². The quantitative estimate of drug-likeness (QED) is 0.183. The molecule has 3 aromatic carbocycles. The lowest BCUT2D eigenvalue weighted by molar-refractivity contribution is -0.385. The number of carbonyl (C=O) groups excluding carboxylic acids is 2. The molecule has 0 heterocycles. The van der Waals surface area contributed by atoms with Crippen LogP contribution in [0.25, 0.3) is 0 Å². The standard InChI is InChI=1S/C32H40N4O8S/c1-7-23(4)33-32(38)29(8-2)34(20-24-10-14-26(43-5)15-11-24)31(37)21-35(25-12-16-27(44-6)17-13-25)45(41,42)28-18-9-22(3)30(19-28)36(39)40/h9-19,23,29H,7-8,20-21H2,1-6H3,(H,33,38)/t23-,29+/m1/s1. The van der Waals surface area contributed by atoms with E-state index < -0.39 is 33.4 Å². The Morgan fingerprint density at radius 2 is 1.51 bits per heavy atom. The molecule has 2 atom stereocenters. The summed E-state index contributed by atoms with van der Waals surface area (Å²) < 4.78 is 39.6. The fraction of sp³-hybridized carbons (Fsp3) is 0.375. The molecule has 12 nitrogen and oxygen atoms in total. The van der Waals surface area contributed by atoms with Crippen LogP contribution in [0, 0.1) is 17.0 Å². The topological polar surface area (TPSA) is 148 Å². The van der Waals surface area contributed by atoms with Crippen LogP contribution in [0.1, 0.15) is 44.7 Å². The van der Waals surface area contributed by atoms with Gasteiger partial charge in [-0.25, -0.2) is 8.42 Å². The van der Waals surface area contributed by atoms with Crippen molar-refractivity contribution in [3.8, 4) is 11.5 Å². The number of hydrogen-bond acceptors (Lipinski definition) is 8. The number of nitrogens with zero attached hydrogens (tertiary/aromatic N) is 3. The number of benzene rings is 3. The van der Waals surface area contributed by atoms with E-state index in [4.69, 9.17) is 9.47 Å². The molecular weight excluding hydrogens is 600 g/mol. The Kier molecular flexibility index (Phi) is 11.9. The zero-order chi connectivity index (χ0) is 33.3. The average molecular weight is 641 g/mol. The second-order valence-electron chi connectivity index (χ2n) is 10.5. The molecule has 0 fully saturated rings. The number of ether oxygens (including phenoxy) is 2. The largest absolute Gasteiger partial charge is 0.497 e. The number of nitro benzene ring substituents is 1. The molecule has 0 saturated heterocycles. The summed E-state index contributed by atoms with van der Waals surface area (Å²) in [4.78, 5) is 39.6. The predicted molar refractivity (Wildman–Crippen MR) is 171 cm³/mol. The zero-order valence-electron chi connectivity index (χ0n) is 26.3. The van der Waals surface area contributed by atoms with Gasteiger partial charge in [0.25, 0.3) is 15.7 Å². The third kappa shape index (κ3) is 8.50. The molecular formula is C32H40N4O8S. The van der Waals surface area contributed by atoms with E-state index in [-0.39, 0.29) is 46.7 Å². The second kappa shape index (κ2) is 15.4. The molecule has 0 spiro atoms. The number of aryl methyl sites for hydroxylation is 1. The highest BCUT2D eigenvalue weighted by molar-refractivity contribution is 7.92. The van der Waals surface area contributed by atoms with E-state index in [1.807, 2.05) is 13.8 Å². The maximum atomic E-state index is 14.2. The molecule has 242 valence electrons. The van der Waals surface area contributed by atoms with Gasteiger partial charge in [0.2, 0.25) is 11.8 Å². The van der Waals surface area contributed by atoms with Gasteiger partial charge in [0, 0.05) is 24.2 Å². The minimum Gasteiger partial charge on any atom is -0.497 e. The first-order valence-corrected chi connectivity index (χ1v) is 15.9. The molecule has 13 heteroatoms. The van der Waals surface area contributed by atoms with Crippen LogP contribution < -0.4 is 19.1 Å². The van der Waals surface area contributed by atoms with E-state index in [9.17, 15) is 28.1 Å². The van der Waals surface area contributed by atoms with Gasteiger partial charge in [-0.2, -0.15) is 0 Å². The van der Waals surface area contributed by atoms with E-state index in [1.165, 1.54) is 50.3 Å². The van der Waals surface area contributed by atoms with Crippen molar-refractivity contribution in [1.82, 2.24) is 10.2 Å². The predicted octanol–water partition coefficient (Wildman–Crippen LogP) is 4.84. The molecule has 0 bridgehead atoms. The summed E-state index contributed by atoms with van der Waals surface area (Å²) in [5.41, 5.74) is 0.751. The van der Waals surface area contributed by atoms with E-state index in [0.29, 0.717) is 23.5 Å². The van der Waals surface area contributed by atoms with Crippen molar-refractivity contribution in [1.29, 1.82) is 0 Å². The maximum absolute atomic E-state index is 14.2. The lowest BCUT2D eigenvalue weighted by atomic mass is 10.1. The van der Waals surface area contributed by atoms with E-state index in [0.717, 1.165) is 10.4 Å². The monoisotopic (exact) mass is 640 g/mol. The molecule has 0 aromatic heterocycles. The van der Waals surface area contributed by atoms with Crippen LogP contribution in [0.5, 0.6) is 11.5 Å². The molecule has 3 rings (SSSR count). The van der Waals surface area contributed by atoms with Gasteiger partial charge >= 0.3 is 0 Å². The Balaban J connectivity index is 2.12. The summed E-state index contributed by atoms with van der Waals surface area (Å²) in [6, 6.07) is 15.6. The highest BCUT2D eigenvalue weighted by Gasteiger charge is 2.34. The zero-order valence-corrected chi connectivity index (χ0v) is 27.2. The maximum Gasteiger partial charge on any atom is 0.273 e. The highest BCUT2D eigenvalue weighted by atomic mass is 32.2. The van der Waals surface area contributed by atoms with Gasteiger partial charge in [0.15, 0.2) is 0 Å². The van der Waals surface area contributed by atoms with E-state index >= 15 is 0 Å². The normalized spacial score (nSPS) is 12.5. The molecule has 0 saturated carbocycles. The fourth-order valence-corrected chi connectivity index (χ4v) is 6.07. The molecule has 45 heavy (non-hydrogen) atoms. The number of methoxy groups -OCH3 is 2. The number of nitrogens with one attached hydrogen (secondary N) is 1. The van der Waals surface area contributed by atoms with Crippen molar-refractivity contribution in [2.45, 2.75) is 64.1 Å². The van der Waals surface area contributed by atoms with Crippen molar-refractivity contribution >= 4 is 33.2 Å². The third-order valence-electron chi connectivity index (χ3n) is 7.50. The van der Waals surface area contributed by atoms with E-state index in [2.05, 4.69) is 5.32 Å². The van der Waals surface area contributed by atoms with Crippen molar-refractivity contribution in [3.05, 3.63) is 88.0 Å². The number of amides is 2. The molecule has 3 aromatic rings. The van der Waals surface area contributed by atoms with E-state index in [1.54, 1.807) is 43.3 Å². The first kappa shape index (κ1) is 34.8. The van der Waals surface area contributed by atoms with Gasteiger partial charge in [-0.15, -0.1) is 0 Å². The summed E-state index contributed by atoms with van der Waals surface area (Å²) in [5.74, 6) is 0.0733. The summed E-state index contributed by atoms with van der Waals surface area (Å²) in [7, 11) is -1.51. The molecule has 0 aliphatic rings. The van der Waals surface area contributed by atoms with Crippen LogP contribution in [0.2, 0.25) is 0 Å². The number of rotatable bonds is 15. The van der Waals surface area contributed by atoms with Gasteiger partial charge in [0.05, 0.1) is 29.7 Å². The highest BCUT2D eigenvalue weighted by Crippen LogP contribution is 2.30. The molecule has 0 radical (unpaired) electrons. The Morgan fingerprint density at radius 1 is 0.933 bits per heavy atom. The van der Waals surface area contributed by atoms with Crippen molar-refractivity contribution in [2.24, 2.45) is 0 Å². The van der Waals surface area contributed by atoms with Crippen molar-refractivity contribution in [3.63, 3.8) is 0 Å². The Bertz CT molecular complexity index is 1590. The van der Waals surface area contributed by atoms with Crippen LogP contribution in [0.15, 0.2) is 71.6 Å². The van der Waals surface area contributed by atoms with Crippen LogP contribution in [-0.4, -0.2) is 62.9 Å². The Hall–Kier alpha value is -4.65. The number of carbonyl (C=O) groups is 2. The van der Waals surface area contributed by atoms with Crippen LogP contribution in [0.3, 0.4) is 0 Å². The summed E-state index contributed by atoms with van der Waals surface area (Å²) >= 11 is 0. The second-order valence-corrected chi connectivity index (χ2v) is 12.4. The number of anilines is 1.